The number of thiol groups is 1. The van der Waals surface area contributed by atoms with E-state index < -0.39 is 0 Å². The van der Waals surface area contributed by atoms with Crippen LogP contribution in [0.5, 0.6) is 0 Å². The van der Waals surface area contributed by atoms with Crippen LogP contribution in [0.1, 0.15) is 13.8 Å². The molecule has 60 valence electrons. The molecule has 2 nitrogen and oxygen atoms in total. The number of ether oxygens (including phenoxy) is 1. The SMILES string of the molecule is CCN(C(=S)S)C(C)OC. The van der Waals surface area contributed by atoms with E-state index >= 15 is 0 Å². The fraction of sp³-hybridized carbons (Fsp3) is 0.833. The van der Waals surface area contributed by atoms with Gasteiger partial charge in [0.1, 0.15) is 10.5 Å². The fourth-order valence-corrected chi connectivity index (χ4v) is 1.26. The fourth-order valence-electron chi connectivity index (χ4n) is 0.675. The Kier molecular flexibility index (Phi) is 5.03. The molecule has 0 N–H and O–H groups in total. The lowest BCUT2D eigenvalue weighted by Crippen LogP contribution is -2.35. The minimum Gasteiger partial charge on any atom is -0.362 e. The third-order valence-electron chi connectivity index (χ3n) is 1.37. The predicted molar refractivity (Wildman–Crippen MR) is 50.4 cm³/mol. The van der Waals surface area contributed by atoms with Crippen molar-refractivity contribution in [1.82, 2.24) is 4.90 Å². The Morgan fingerprint density at radius 1 is 1.80 bits per heavy atom. The molecule has 4 heteroatoms. The number of methoxy groups -OCH3 is 1. The van der Waals surface area contributed by atoms with Crippen molar-refractivity contribution in [3.8, 4) is 0 Å². The molecule has 0 aliphatic heterocycles. The molecule has 1 atom stereocenters. The first-order valence-electron chi connectivity index (χ1n) is 3.15. The molecule has 0 radical (unpaired) electrons. The van der Waals surface area contributed by atoms with Crippen molar-refractivity contribution in [2.24, 2.45) is 0 Å². The lowest BCUT2D eigenvalue weighted by Gasteiger charge is -2.26. The highest BCUT2D eigenvalue weighted by atomic mass is 32.1. The molecule has 0 aromatic heterocycles. The molecule has 0 saturated heterocycles. The molecule has 0 aliphatic carbocycles. The van der Waals surface area contributed by atoms with Gasteiger partial charge in [0.25, 0.3) is 0 Å². The maximum atomic E-state index is 5.05. The largest absolute Gasteiger partial charge is 0.362 e. The van der Waals surface area contributed by atoms with Crippen LogP contribution < -0.4 is 0 Å². The average Bonchev–Trinajstić information content (AvgIpc) is 1.88. The second kappa shape index (κ2) is 4.93. The van der Waals surface area contributed by atoms with Gasteiger partial charge in [-0.05, 0) is 13.8 Å². The second-order valence-corrected chi connectivity index (χ2v) is 3.02. The maximum absolute atomic E-state index is 5.05. The summed E-state index contributed by atoms with van der Waals surface area (Å²) in [6, 6.07) is 0. The van der Waals surface area contributed by atoms with E-state index in [-0.39, 0.29) is 6.23 Å². The molecule has 0 rings (SSSR count). The van der Waals surface area contributed by atoms with Gasteiger partial charge < -0.3 is 9.64 Å². The molecule has 0 fully saturated rings. The van der Waals surface area contributed by atoms with E-state index in [1.54, 1.807) is 7.11 Å². The summed E-state index contributed by atoms with van der Waals surface area (Å²) in [5.74, 6) is 0. The van der Waals surface area contributed by atoms with Gasteiger partial charge in [0.15, 0.2) is 0 Å². The molecule has 0 aromatic carbocycles. The lowest BCUT2D eigenvalue weighted by atomic mass is 10.5. The summed E-state index contributed by atoms with van der Waals surface area (Å²) in [6.45, 7) is 4.78. The molecular formula is C6H13NOS2. The van der Waals surface area contributed by atoms with E-state index in [1.165, 1.54) is 0 Å². The summed E-state index contributed by atoms with van der Waals surface area (Å²) < 4.78 is 5.63. The Morgan fingerprint density at radius 3 is 2.40 bits per heavy atom. The molecule has 0 aromatic rings. The zero-order valence-corrected chi connectivity index (χ0v) is 8.21. The highest BCUT2D eigenvalue weighted by Gasteiger charge is 2.10. The normalized spacial score (nSPS) is 12.8. The first-order valence-corrected chi connectivity index (χ1v) is 4.01. The first-order chi connectivity index (χ1) is 4.63. The number of hydrogen-bond donors (Lipinski definition) is 1. The summed E-state index contributed by atoms with van der Waals surface area (Å²) in [5, 5.41) is 0. The Balaban J connectivity index is 3.92. The predicted octanol–water partition coefficient (Wildman–Crippen LogP) is 1.52. The number of nitrogens with zero attached hydrogens (tertiary/aromatic N) is 1. The Hall–Kier alpha value is 0.200. The van der Waals surface area contributed by atoms with E-state index in [0.29, 0.717) is 4.32 Å². The van der Waals surface area contributed by atoms with E-state index in [0.717, 1.165) is 6.54 Å². The van der Waals surface area contributed by atoms with Crippen LogP contribution in [0.3, 0.4) is 0 Å². The van der Waals surface area contributed by atoms with Crippen LogP contribution in [0, 0.1) is 0 Å². The number of thiocarbonyl (C=S) groups is 1. The maximum Gasteiger partial charge on any atom is 0.135 e. The number of hydrogen-bond acceptors (Lipinski definition) is 2. The molecule has 0 bridgehead atoms. The minimum atomic E-state index is 0.0231. The zero-order valence-electron chi connectivity index (χ0n) is 6.50. The van der Waals surface area contributed by atoms with E-state index in [1.807, 2.05) is 18.7 Å². The first kappa shape index (κ1) is 10.2. The molecule has 0 heterocycles. The van der Waals surface area contributed by atoms with Gasteiger partial charge in [-0.3, -0.25) is 0 Å². The van der Waals surface area contributed by atoms with Crippen LogP contribution in [0.25, 0.3) is 0 Å². The minimum absolute atomic E-state index is 0.0231. The molecule has 1 unspecified atom stereocenters. The van der Waals surface area contributed by atoms with Crippen molar-refractivity contribution >= 4 is 29.2 Å². The summed E-state index contributed by atoms with van der Waals surface area (Å²) in [4.78, 5) is 1.89. The topological polar surface area (TPSA) is 12.5 Å². The molecular weight excluding hydrogens is 166 g/mol. The van der Waals surface area contributed by atoms with Gasteiger partial charge in [-0.1, -0.05) is 12.2 Å². The van der Waals surface area contributed by atoms with Gasteiger partial charge >= 0.3 is 0 Å². The van der Waals surface area contributed by atoms with Crippen molar-refractivity contribution in [1.29, 1.82) is 0 Å². The van der Waals surface area contributed by atoms with Crippen molar-refractivity contribution < 1.29 is 4.74 Å². The highest BCUT2D eigenvalue weighted by Crippen LogP contribution is 2.03. The smallest absolute Gasteiger partial charge is 0.135 e. The molecule has 0 aliphatic rings. The second-order valence-electron chi connectivity index (χ2n) is 1.90. The summed E-state index contributed by atoms with van der Waals surface area (Å²) in [5.41, 5.74) is 0. The van der Waals surface area contributed by atoms with Crippen LogP contribution in [0.2, 0.25) is 0 Å². The van der Waals surface area contributed by atoms with Crippen LogP contribution in [0.4, 0.5) is 0 Å². The lowest BCUT2D eigenvalue weighted by molar-refractivity contribution is 0.0280. The van der Waals surface area contributed by atoms with Gasteiger partial charge in [0, 0.05) is 13.7 Å². The average molecular weight is 179 g/mol. The third-order valence-corrected chi connectivity index (χ3v) is 1.86. The Morgan fingerprint density at radius 2 is 2.30 bits per heavy atom. The van der Waals surface area contributed by atoms with Gasteiger partial charge in [-0.15, -0.1) is 12.6 Å². The van der Waals surface area contributed by atoms with Gasteiger partial charge in [-0.25, -0.2) is 0 Å². The third kappa shape index (κ3) is 2.86. The van der Waals surface area contributed by atoms with E-state index in [9.17, 15) is 0 Å². The van der Waals surface area contributed by atoms with Crippen molar-refractivity contribution in [3.63, 3.8) is 0 Å². The summed E-state index contributed by atoms with van der Waals surface area (Å²) in [7, 11) is 1.65. The molecule has 10 heavy (non-hydrogen) atoms. The molecule has 0 saturated carbocycles. The Labute approximate surface area is 73.0 Å². The van der Waals surface area contributed by atoms with Crippen molar-refractivity contribution in [2.75, 3.05) is 13.7 Å². The van der Waals surface area contributed by atoms with Gasteiger partial charge in [0.2, 0.25) is 0 Å². The highest BCUT2D eigenvalue weighted by molar-refractivity contribution is 8.10. The van der Waals surface area contributed by atoms with Crippen LogP contribution in [0.15, 0.2) is 0 Å². The van der Waals surface area contributed by atoms with Crippen LogP contribution in [-0.4, -0.2) is 29.1 Å². The van der Waals surface area contributed by atoms with Crippen LogP contribution in [-0.2, 0) is 4.74 Å². The summed E-state index contributed by atoms with van der Waals surface area (Å²) >= 11 is 8.91. The zero-order chi connectivity index (χ0) is 8.15. The Bertz CT molecular complexity index is 118. The van der Waals surface area contributed by atoms with Crippen molar-refractivity contribution in [2.45, 2.75) is 20.1 Å². The van der Waals surface area contributed by atoms with Crippen molar-refractivity contribution in [3.05, 3.63) is 0 Å². The van der Waals surface area contributed by atoms with E-state index in [4.69, 9.17) is 17.0 Å². The summed E-state index contributed by atoms with van der Waals surface area (Å²) in [6.07, 6.45) is 0.0231. The standard InChI is InChI=1S/C6H13NOS2/c1-4-7(6(9)10)5(2)8-3/h5H,4H2,1-3H3,(H,9,10). The molecule has 0 amide bonds. The molecule has 0 spiro atoms. The van der Waals surface area contributed by atoms with Crippen LogP contribution >= 0.6 is 24.8 Å². The van der Waals surface area contributed by atoms with E-state index in [2.05, 4.69) is 12.6 Å². The quantitative estimate of drug-likeness (QED) is 0.401. The van der Waals surface area contributed by atoms with Gasteiger partial charge in [-0.2, -0.15) is 0 Å². The number of rotatable bonds is 3. The van der Waals surface area contributed by atoms with Gasteiger partial charge in [0.05, 0.1) is 0 Å². The monoisotopic (exact) mass is 179 g/mol.